The minimum absolute atomic E-state index is 0.109. The number of hydrogen-bond acceptors (Lipinski definition) is 4. The number of hydrogen-bond donors (Lipinski definition) is 2. The van der Waals surface area contributed by atoms with Crippen molar-refractivity contribution in [2.45, 2.75) is 19.8 Å². The van der Waals surface area contributed by atoms with Gasteiger partial charge in [0.1, 0.15) is 0 Å². The molecule has 2 N–H and O–H groups in total. The third-order valence-electron chi connectivity index (χ3n) is 4.04. The maximum atomic E-state index is 12.3. The van der Waals surface area contributed by atoms with Crippen LogP contribution in [-0.2, 0) is 14.8 Å². The van der Waals surface area contributed by atoms with E-state index in [2.05, 4.69) is 5.32 Å². The Morgan fingerprint density at radius 3 is 2.39 bits per heavy atom. The Kier molecular flexibility index (Phi) is 5.06. The minimum Gasteiger partial charge on any atom is -0.478 e. The Labute approximate surface area is 135 Å². The van der Waals surface area contributed by atoms with Gasteiger partial charge in [0.25, 0.3) is 0 Å². The molecule has 23 heavy (non-hydrogen) atoms. The van der Waals surface area contributed by atoms with Crippen molar-refractivity contribution in [3.63, 3.8) is 0 Å². The highest BCUT2D eigenvalue weighted by Crippen LogP contribution is 2.23. The summed E-state index contributed by atoms with van der Waals surface area (Å²) in [7, 11) is -3.22. The molecule has 7 nitrogen and oxygen atoms in total. The highest BCUT2D eigenvalue weighted by molar-refractivity contribution is 7.88. The number of nitrogens with zero attached hydrogens (tertiary/aromatic N) is 1. The third-order valence-corrected chi connectivity index (χ3v) is 5.34. The standard InChI is InChI=1S/C15H20N2O5S/c1-10-3-4-12(15(19)20)9-13(10)16-14(18)11-5-7-17(8-6-11)23(2,21)22/h3-4,9,11H,5-8H2,1-2H3,(H,16,18)(H,19,20). The number of aryl methyl sites for hydroxylation is 1. The lowest BCUT2D eigenvalue weighted by atomic mass is 9.97. The van der Waals surface area contributed by atoms with Crippen LogP contribution in [0.1, 0.15) is 28.8 Å². The number of anilines is 1. The van der Waals surface area contributed by atoms with Gasteiger partial charge in [-0.25, -0.2) is 17.5 Å². The van der Waals surface area contributed by atoms with Gasteiger partial charge in [-0.3, -0.25) is 4.79 Å². The van der Waals surface area contributed by atoms with E-state index in [1.807, 2.05) is 0 Å². The zero-order valence-electron chi connectivity index (χ0n) is 13.1. The van der Waals surface area contributed by atoms with E-state index < -0.39 is 16.0 Å². The molecule has 1 aliphatic heterocycles. The Bertz CT molecular complexity index is 721. The molecular formula is C15H20N2O5S. The van der Waals surface area contributed by atoms with Crippen LogP contribution in [0.3, 0.4) is 0 Å². The third kappa shape index (κ3) is 4.29. The molecule has 0 saturated carbocycles. The zero-order chi connectivity index (χ0) is 17.2. The number of carbonyl (C=O) groups excluding carboxylic acids is 1. The highest BCUT2D eigenvalue weighted by Gasteiger charge is 2.29. The van der Waals surface area contributed by atoms with Crippen molar-refractivity contribution in [3.05, 3.63) is 29.3 Å². The van der Waals surface area contributed by atoms with E-state index >= 15 is 0 Å². The van der Waals surface area contributed by atoms with Crippen LogP contribution < -0.4 is 5.32 Å². The Morgan fingerprint density at radius 1 is 1.26 bits per heavy atom. The molecule has 0 aliphatic carbocycles. The fraction of sp³-hybridized carbons (Fsp3) is 0.467. The molecule has 1 heterocycles. The lowest BCUT2D eigenvalue weighted by molar-refractivity contribution is -0.120. The minimum atomic E-state index is -3.22. The second kappa shape index (κ2) is 6.67. The summed E-state index contributed by atoms with van der Waals surface area (Å²) in [6, 6.07) is 4.56. The summed E-state index contributed by atoms with van der Waals surface area (Å²) in [4.78, 5) is 23.3. The van der Waals surface area contributed by atoms with Crippen LogP contribution in [0.5, 0.6) is 0 Å². The smallest absolute Gasteiger partial charge is 0.335 e. The number of carboxylic acid groups (broad SMARTS) is 1. The lowest BCUT2D eigenvalue weighted by Gasteiger charge is -2.29. The molecule has 0 spiro atoms. The van der Waals surface area contributed by atoms with Crippen molar-refractivity contribution in [2.24, 2.45) is 5.92 Å². The van der Waals surface area contributed by atoms with Crippen molar-refractivity contribution < 1.29 is 23.1 Å². The van der Waals surface area contributed by atoms with Crippen molar-refractivity contribution in [1.29, 1.82) is 0 Å². The maximum Gasteiger partial charge on any atom is 0.335 e. The summed E-state index contributed by atoms with van der Waals surface area (Å²) in [6.45, 7) is 2.43. The van der Waals surface area contributed by atoms with Crippen molar-refractivity contribution >= 4 is 27.6 Å². The Balaban J connectivity index is 2.03. The SMILES string of the molecule is Cc1ccc(C(=O)O)cc1NC(=O)C1CCN(S(C)(=O)=O)CC1. The van der Waals surface area contributed by atoms with E-state index in [0.29, 0.717) is 31.6 Å². The summed E-state index contributed by atoms with van der Waals surface area (Å²) in [5, 5.41) is 11.8. The van der Waals surface area contributed by atoms with Gasteiger partial charge in [0, 0.05) is 24.7 Å². The molecule has 0 unspecified atom stereocenters. The first kappa shape index (κ1) is 17.4. The van der Waals surface area contributed by atoms with Crippen LogP contribution >= 0.6 is 0 Å². The Morgan fingerprint density at radius 2 is 1.87 bits per heavy atom. The lowest BCUT2D eigenvalue weighted by Crippen LogP contribution is -2.40. The van der Waals surface area contributed by atoms with Crippen molar-refractivity contribution in [3.8, 4) is 0 Å². The normalized spacial score (nSPS) is 17.0. The van der Waals surface area contributed by atoms with Crippen LogP contribution in [-0.4, -0.2) is 49.1 Å². The molecule has 0 atom stereocenters. The zero-order valence-corrected chi connectivity index (χ0v) is 13.9. The van der Waals surface area contributed by atoms with Gasteiger partial charge < -0.3 is 10.4 Å². The summed E-state index contributed by atoms with van der Waals surface area (Å²) in [5.41, 5.74) is 1.36. The first-order valence-corrected chi connectivity index (χ1v) is 9.13. The number of nitrogens with one attached hydrogen (secondary N) is 1. The molecule has 1 aromatic rings. The summed E-state index contributed by atoms with van der Waals surface area (Å²) in [6.07, 6.45) is 2.07. The summed E-state index contributed by atoms with van der Waals surface area (Å²) < 4.78 is 24.3. The molecule has 126 valence electrons. The second-order valence-electron chi connectivity index (χ2n) is 5.76. The van der Waals surface area contributed by atoms with Gasteiger partial charge in [0.05, 0.1) is 11.8 Å². The van der Waals surface area contributed by atoms with Crippen LogP contribution in [0.15, 0.2) is 18.2 Å². The fourth-order valence-corrected chi connectivity index (χ4v) is 3.45. The van der Waals surface area contributed by atoms with Crippen LogP contribution in [0.25, 0.3) is 0 Å². The van der Waals surface area contributed by atoms with E-state index in [9.17, 15) is 18.0 Å². The fourth-order valence-electron chi connectivity index (χ4n) is 2.57. The average Bonchev–Trinajstić information content (AvgIpc) is 2.48. The average molecular weight is 340 g/mol. The van der Waals surface area contributed by atoms with Crippen molar-refractivity contribution in [2.75, 3.05) is 24.7 Å². The molecule has 0 bridgehead atoms. The molecule has 8 heteroatoms. The summed E-state index contributed by atoms with van der Waals surface area (Å²) >= 11 is 0. The Hall–Kier alpha value is -1.93. The van der Waals surface area contributed by atoms with E-state index in [0.717, 1.165) is 11.8 Å². The van der Waals surface area contributed by atoms with Gasteiger partial charge in [-0.05, 0) is 37.5 Å². The van der Waals surface area contributed by atoms with Gasteiger partial charge in [0.15, 0.2) is 0 Å². The van der Waals surface area contributed by atoms with Gasteiger partial charge in [-0.2, -0.15) is 0 Å². The highest BCUT2D eigenvalue weighted by atomic mass is 32.2. The molecule has 2 rings (SSSR count). The van der Waals surface area contributed by atoms with Crippen LogP contribution in [0.2, 0.25) is 0 Å². The van der Waals surface area contributed by atoms with Gasteiger partial charge in [-0.1, -0.05) is 6.07 Å². The molecule has 1 fully saturated rings. The van der Waals surface area contributed by atoms with Crippen LogP contribution in [0, 0.1) is 12.8 Å². The quantitative estimate of drug-likeness (QED) is 0.860. The van der Waals surface area contributed by atoms with Gasteiger partial charge >= 0.3 is 5.97 Å². The number of piperidine rings is 1. The number of amides is 1. The first-order valence-electron chi connectivity index (χ1n) is 7.28. The second-order valence-corrected chi connectivity index (χ2v) is 7.74. The molecular weight excluding hydrogens is 320 g/mol. The van der Waals surface area contributed by atoms with E-state index in [-0.39, 0.29) is 17.4 Å². The van der Waals surface area contributed by atoms with E-state index in [1.54, 1.807) is 13.0 Å². The molecule has 1 aromatic carbocycles. The maximum absolute atomic E-state index is 12.3. The van der Waals surface area contributed by atoms with Gasteiger partial charge in [-0.15, -0.1) is 0 Å². The molecule has 1 aliphatic rings. The number of benzene rings is 1. The number of carboxylic acids is 1. The number of rotatable bonds is 4. The summed E-state index contributed by atoms with van der Waals surface area (Å²) in [5.74, 6) is -1.54. The molecule has 1 saturated heterocycles. The largest absolute Gasteiger partial charge is 0.478 e. The first-order chi connectivity index (χ1) is 10.7. The molecule has 0 radical (unpaired) electrons. The predicted molar refractivity (Wildman–Crippen MR) is 85.9 cm³/mol. The number of aromatic carboxylic acids is 1. The molecule has 1 amide bonds. The monoisotopic (exact) mass is 340 g/mol. The number of sulfonamides is 1. The predicted octanol–water partition coefficient (Wildman–Crippen LogP) is 1.30. The van der Waals surface area contributed by atoms with E-state index in [4.69, 9.17) is 5.11 Å². The van der Waals surface area contributed by atoms with E-state index in [1.165, 1.54) is 16.4 Å². The van der Waals surface area contributed by atoms with Crippen molar-refractivity contribution in [1.82, 2.24) is 4.31 Å². The van der Waals surface area contributed by atoms with Gasteiger partial charge in [0.2, 0.25) is 15.9 Å². The van der Waals surface area contributed by atoms with Crippen LogP contribution in [0.4, 0.5) is 5.69 Å². The topological polar surface area (TPSA) is 104 Å². The number of carbonyl (C=O) groups is 2. The molecule has 0 aromatic heterocycles.